The van der Waals surface area contributed by atoms with Gasteiger partial charge in [-0.1, -0.05) is 12.1 Å². The number of rotatable bonds is 2. The molecule has 100 valence electrons. The molecule has 0 bridgehead atoms. The Morgan fingerprint density at radius 2 is 2.00 bits per heavy atom. The highest BCUT2D eigenvalue weighted by Gasteiger charge is 2.09. The largest absolute Gasteiger partial charge is 0.310 e. The smallest absolute Gasteiger partial charge is 0.240 e. The summed E-state index contributed by atoms with van der Waals surface area (Å²) >= 11 is 6.93. The number of alkyl halides is 1. The van der Waals surface area contributed by atoms with Gasteiger partial charge < -0.3 is 5.32 Å². The van der Waals surface area contributed by atoms with E-state index in [9.17, 15) is 9.59 Å². The maximum absolute atomic E-state index is 12.4. The molecule has 1 amide bonds. The summed E-state index contributed by atoms with van der Waals surface area (Å²) in [5, 5.41) is 3.18. The fraction of sp³-hybridized carbons (Fsp3) is 0.0714. The average molecular weight is 305 g/mol. The maximum Gasteiger partial charge on any atom is 0.240 e. The minimum Gasteiger partial charge on any atom is -0.310 e. The van der Waals surface area contributed by atoms with Gasteiger partial charge in [0.2, 0.25) is 11.3 Å². The SMILES string of the molecule is O=C(CCl)Nc1ccc2sc3ccccc3c(=O)c2n1. The Hall–Kier alpha value is -1.98. The van der Waals surface area contributed by atoms with Crippen molar-refractivity contribution in [1.82, 2.24) is 4.98 Å². The van der Waals surface area contributed by atoms with Crippen LogP contribution in [0.25, 0.3) is 20.3 Å². The van der Waals surface area contributed by atoms with Crippen molar-refractivity contribution < 1.29 is 4.79 Å². The number of hydrogen-bond acceptors (Lipinski definition) is 4. The molecule has 1 aromatic carbocycles. The summed E-state index contributed by atoms with van der Waals surface area (Å²) < 4.78 is 1.71. The van der Waals surface area contributed by atoms with Gasteiger partial charge in [0.25, 0.3) is 0 Å². The van der Waals surface area contributed by atoms with Crippen LogP contribution in [0.4, 0.5) is 5.82 Å². The van der Waals surface area contributed by atoms with Crippen LogP contribution in [0.1, 0.15) is 0 Å². The van der Waals surface area contributed by atoms with Crippen LogP contribution in [0.2, 0.25) is 0 Å². The number of nitrogens with one attached hydrogen (secondary N) is 1. The van der Waals surface area contributed by atoms with Gasteiger partial charge in [-0.3, -0.25) is 9.59 Å². The first-order valence-corrected chi connectivity index (χ1v) is 7.22. The van der Waals surface area contributed by atoms with Crippen LogP contribution < -0.4 is 10.7 Å². The highest BCUT2D eigenvalue weighted by Crippen LogP contribution is 2.24. The zero-order valence-electron chi connectivity index (χ0n) is 10.2. The number of carbonyl (C=O) groups excluding carboxylic acids is 1. The number of aromatic nitrogens is 1. The molecule has 2 heterocycles. The van der Waals surface area contributed by atoms with Crippen LogP contribution in [0.15, 0.2) is 41.2 Å². The van der Waals surface area contributed by atoms with Gasteiger partial charge in [-0.25, -0.2) is 4.98 Å². The molecule has 0 atom stereocenters. The summed E-state index contributed by atoms with van der Waals surface area (Å²) in [5.41, 5.74) is 0.234. The van der Waals surface area contributed by atoms with E-state index < -0.39 is 0 Å². The minimum absolute atomic E-state index is 0.128. The molecule has 0 aliphatic heterocycles. The third kappa shape index (κ3) is 2.26. The van der Waals surface area contributed by atoms with E-state index in [0.29, 0.717) is 16.7 Å². The van der Waals surface area contributed by atoms with Crippen molar-refractivity contribution in [3.8, 4) is 0 Å². The van der Waals surface area contributed by atoms with Crippen molar-refractivity contribution in [2.24, 2.45) is 0 Å². The number of anilines is 1. The predicted molar refractivity (Wildman–Crippen MR) is 82.7 cm³/mol. The van der Waals surface area contributed by atoms with Crippen molar-refractivity contribution in [1.29, 1.82) is 0 Å². The number of amides is 1. The molecule has 0 aliphatic rings. The summed E-state index contributed by atoms with van der Waals surface area (Å²) in [6.45, 7) is 0. The Labute approximate surface area is 123 Å². The molecule has 0 saturated heterocycles. The predicted octanol–water partition coefficient (Wildman–Crippen LogP) is 2.99. The molecule has 0 saturated carbocycles. The van der Waals surface area contributed by atoms with Gasteiger partial charge >= 0.3 is 0 Å². The Bertz CT molecular complexity index is 876. The van der Waals surface area contributed by atoms with E-state index in [4.69, 9.17) is 11.6 Å². The monoisotopic (exact) mass is 304 g/mol. The summed E-state index contributed by atoms with van der Waals surface area (Å²) in [5.74, 6) is -0.164. The van der Waals surface area contributed by atoms with Crippen LogP contribution >= 0.6 is 22.9 Å². The van der Waals surface area contributed by atoms with Crippen molar-refractivity contribution in [2.75, 3.05) is 11.2 Å². The van der Waals surface area contributed by atoms with Crippen LogP contribution in [-0.4, -0.2) is 16.8 Å². The first-order valence-electron chi connectivity index (χ1n) is 5.87. The molecular weight excluding hydrogens is 296 g/mol. The highest BCUT2D eigenvalue weighted by molar-refractivity contribution is 7.24. The first kappa shape index (κ1) is 13.0. The summed E-state index contributed by atoms with van der Waals surface area (Å²) in [6.07, 6.45) is 0. The van der Waals surface area contributed by atoms with Gasteiger partial charge in [-0.15, -0.1) is 22.9 Å². The average Bonchev–Trinajstić information content (AvgIpc) is 2.48. The van der Waals surface area contributed by atoms with Gasteiger partial charge in [0, 0.05) is 10.1 Å². The standard InChI is InChI=1S/C14H9ClN2O2S/c15-7-12(18)16-11-6-5-10-13(17-11)14(19)8-3-1-2-4-9(8)20-10/h1-6H,7H2,(H,16,17,18). The second-order valence-corrected chi connectivity index (χ2v) is 5.50. The Balaban J connectivity index is 2.23. The topological polar surface area (TPSA) is 59.1 Å². The molecule has 6 heteroatoms. The lowest BCUT2D eigenvalue weighted by molar-refractivity contribution is -0.113. The quantitative estimate of drug-likeness (QED) is 0.585. The van der Waals surface area contributed by atoms with Crippen molar-refractivity contribution in [3.05, 3.63) is 46.6 Å². The van der Waals surface area contributed by atoms with Gasteiger partial charge in [-0.2, -0.15) is 0 Å². The van der Waals surface area contributed by atoms with Crippen molar-refractivity contribution in [2.45, 2.75) is 0 Å². The lowest BCUT2D eigenvalue weighted by Crippen LogP contribution is -2.14. The van der Waals surface area contributed by atoms with Gasteiger partial charge in [-0.05, 0) is 24.3 Å². The molecule has 0 unspecified atom stereocenters. The van der Waals surface area contributed by atoms with Crippen LogP contribution in [0.5, 0.6) is 0 Å². The number of hydrogen-bond donors (Lipinski definition) is 1. The molecular formula is C14H9ClN2O2S. The lowest BCUT2D eigenvalue weighted by atomic mass is 10.2. The van der Waals surface area contributed by atoms with E-state index in [-0.39, 0.29) is 17.2 Å². The second kappa shape index (κ2) is 5.19. The zero-order valence-corrected chi connectivity index (χ0v) is 11.8. The number of carbonyl (C=O) groups is 1. The normalized spacial score (nSPS) is 10.8. The van der Waals surface area contributed by atoms with E-state index in [1.165, 1.54) is 11.3 Å². The Morgan fingerprint density at radius 1 is 1.20 bits per heavy atom. The Morgan fingerprint density at radius 3 is 2.80 bits per heavy atom. The molecule has 1 N–H and O–H groups in total. The molecule has 3 rings (SSSR count). The fourth-order valence-corrected chi connectivity index (χ4v) is 3.02. The van der Waals surface area contributed by atoms with E-state index in [2.05, 4.69) is 10.3 Å². The summed E-state index contributed by atoms with van der Waals surface area (Å²) in [4.78, 5) is 27.9. The summed E-state index contributed by atoms with van der Waals surface area (Å²) in [6, 6.07) is 10.8. The fourth-order valence-electron chi connectivity index (χ4n) is 1.93. The second-order valence-electron chi connectivity index (χ2n) is 4.15. The Kier molecular flexibility index (Phi) is 3.38. The molecule has 0 aliphatic carbocycles. The van der Waals surface area contributed by atoms with Gasteiger partial charge in [0.05, 0.1) is 4.70 Å². The zero-order chi connectivity index (χ0) is 14.1. The number of benzene rings is 1. The molecule has 0 radical (unpaired) electrons. The minimum atomic E-state index is -0.351. The number of fused-ring (bicyclic) bond motifs is 2. The first-order chi connectivity index (χ1) is 9.69. The molecule has 0 fully saturated rings. The molecule has 4 nitrogen and oxygen atoms in total. The van der Waals surface area contributed by atoms with Crippen LogP contribution in [-0.2, 0) is 4.79 Å². The molecule has 2 aromatic heterocycles. The molecule has 0 spiro atoms. The molecule has 3 aromatic rings. The molecule has 20 heavy (non-hydrogen) atoms. The highest BCUT2D eigenvalue weighted by atomic mass is 35.5. The maximum atomic E-state index is 12.4. The van der Waals surface area contributed by atoms with E-state index >= 15 is 0 Å². The third-order valence-electron chi connectivity index (χ3n) is 2.81. The van der Waals surface area contributed by atoms with E-state index in [1.54, 1.807) is 18.2 Å². The number of halogens is 1. The number of nitrogens with zero attached hydrogens (tertiary/aromatic N) is 1. The third-order valence-corrected chi connectivity index (χ3v) is 4.18. The van der Waals surface area contributed by atoms with Crippen molar-refractivity contribution in [3.63, 3.8) is 0 Å². The van der Waals surface area contributed by atoms with Crippen molar-refractivity contribution >= 4 is 55.0 Å². The van der Waals surface area contributed by atoms with Crippen LogP contribution in [0, 0.1) is 0 Å². The lowest BCUT2D eigenvalue weighted by Gasteiger charge is -2.04. The van der Waals surface area contributed by atoms with E-state index in [1.807, 2.05) is 18.2 Å². The van der Waals surface area contributed by atoms with Gasteiger partial charge in [0.15, 0.2) is 0 Å². The van der Waals surface area contributed by atoms with E-state index in [0.717, 1.165) is 9.40 Å². The van der Waals surface area contributed by atoms with Crippen LogP contribution in [0.3, 0.4) is 0 Å². The summed E-state index contributed by atoms with van der Waals surface area (Å²) in [7, 11) is 0. The van der Waals surface area contributed by atoms with Gasteiger partial charge in [0.1, 0.15) is 17.2 Å². The number of pyridine rings is 1.